The Hall–Kier alpha value is -3.38. The molecule has 1 amide bonds. The topological polar surface area (TPSA) is 66.8 Å². The van der Waals surface area contributed by atoms with Crippen LogP contribution in [0.2, 0.25) is 0 Å². The van der Waals surface area contributed by atoms with Crippen LogP contribution < -0.4 is 9.64 Å². The van der Waals surface area contributed by atoms with E-state index in [0.29, 0.717) is 17.0 Å². The van der Waals surface area contributed by atoms with E-state index in [9.17, 15) is 14.7 Å². The van der Waals surface area contributed by atoms with Gasteiger partial charge in [-0.2, -0.15) is 0 Å². The van der Waals surface area contributed by atoms with Crippen molar-refractivity contribution in [3.63, 3.8) is 0 Å². The molecule has 0 spiro atoms. The molecule has 0 saturated carbocycles. The summed E-state index contributed by atoms with van der Waals surface area (Å²) in [6.45, 7) is 0. The molecule has 1 fully saturated rings. The number of aryl methyl sites for hydroxylation is 2. The van der Waals surface area contributed by atoms with Gasteiger partial charge in [0.25, 0.3) is 11.7 Å². The zero-order chi connectivity index (χ0) is 22.2. The summed E-state index contributed by atoms with van der Waals surface area (Å²) in [6.07, 6.45) is 4.28. The van der Waals surface area contributed by atoms with Gasteiger partial charge in [0.15, 0.2) is 0 Å². The van der Waals surface area contributed by atoms with Crippen molar-refractivity contribution in [3.8, 4) is 5.75 Å². The molecule has 162 valence electrons. The van der Waals surface area contributed by atoms with Crippen molar-refractivity contribution in [1.82, 2.24) is 0 Å². The molecule has 6 heteroatoms. The van der Waals surface area contributed by atoms with Crippen LogP contribution in [-0.4, -0.2) is 23.9 Å². The maximum atomic E-state index is 13.2. The standard InChI is InChI=1S/C26H23NO4S/c1-31-20-9-4-8-19(15-20)27-23(21-10-5-13-32-21)22(25(29)26(27)30)24(28)18-12-11-16-6-2-3-7-17(16)14-18/h4-5,8-15,23,28H,2-3,6-7H2,1H3/b24-22-. The lowest BCUT2D eigenvalue weighted by atomic mass is 9.89. The van der Waals surface area contributed by atoms with Gasteiger partial charge in [-0.3, -0.25) is 14.5 Å². The van der Waals surface area contributed by atoms with E-state index in [1.165, 1.54) is 33.8 Å². The van der Waals surface area contributed by atoms with Crippen LogP contribution in [0.3, 0.4) is 0 Å². The molecule has 1 saturated heterocycles. The number of amides is 1. The number of fused-ring (bicyclic) bond motifs is 1. The number of ether oxygens (including phenoxy) is 1. The van der Waals surface area contributed by atoms with E-state index in [-0.39, 0.29) is 11.3 Å². The lowest BCUT2D eigenvalue weighted by Gasteiger charge is -2.24. The van der Waals surface area contributed by atoms with Crippen LogP contribution in [0.5, 0.6) is 5.75 Å². The molecule has 2 heterocycles. The molecule has 2 aliphatic rings. The van der Waals surface area contributed by atoms with E-state index in [1.54, 1.807) is 31.4 Å². The first-order valence-electron chi connectivity index (χ1n) is 10.7. The number of hydrogen-bond acceptors (Lipinski definition) is 5. The van der Waals surface area contributed by atoms with Gasteiger partial charge in [-0.1, -0.05) is 24.3 Å². The van der Waals surface area contributed by atoms with Gasteiger partial charge in [-0.25, -0.2) is 0 Å². The van der Waals surface area contributed by atoms with Gasteiger partial charge < -0.3 is 9.84 Å². The maximum Gasteiger partial charge on any atom is 0.300 e. The predicted molar refractivity (Wildman–Crippen MR) is 125 cm³/mol. The lowest BCUT2D eigenvalue weighted by molar-refractivity contribution is -0.132. The van der Waals surface area contributed by atoms with E-state index in [4.69, 9.17) is 4.74 Å². The van der Waals surface area contributed by atoms with Crippen LogP contribution in [0, 0.1) is 0 Å². The Labute approximate surface area is 190 Å². The van der Waals surface area contributed by atoms with Crippen molar-refractivity contribution < 1.29 is 19.4 Å². The Morgan fingerprint density at radius 1 is 1.03 bits per heavy atom. The minimum Gasteiger partial charge on any atom is -0.507 e. The van der Waals surface area contributed by atoms with Crippen molar-refractivity contribution in [1.29, 1.82) is 0 Å². The van der Waals surface area contributed by atoms with Gasteiger partial charge in [-0.05, 0) is 66.5 Å². The molecule has 32 heavy (non-hydrogen) atoms. The average molecular weight is 446 g/mol. The summed E-state index contributed by atoms with van der Waals surface area (Å²) < 4.78 is 5.32. The zero-order valence-electron chi connectivity index (χ0n) is 17.7. The van der Waals surface area contributed by atoms with Crippen LogP contribution in [0.15, 0.2) is 65.6 Å². The molecule has 1 aliphatic carbocycles. The normalized spacial score (nSPS) is 19.8. The monoisotopic (exact) mass is 445 g/mol. The summed E-state index contributed by atoms with van der Waals surface area (Å²) in [4.78, 5) is 28.7. The van der Waals surface area contributed by atoms with E-state index in [2.05, 4.69) is 0 Å². The summed E-state index contributed by atoms with van der Waals surface area (Å²) in [5.41, 5.74) is 3.75. The second kappa shape index (κ2) is 8.28. The van der Waals surface area contributed by atoms with E-state index in [0.717, 1.165) is 24.1 Å². The predicted octanol–water partition coefficient (Wildman–Crippen LogP) is 5.26. The molecule has 2 aromatic carbocycles. The smallest absolute Gasteiger partial charge is 0.300 e. The highest BCUT2D eigenvalue weighted by Gasteiger charge is 2.47. The number of thiophene rings is 1. The number of Topliss-reactive ketones (excluding diaryl/α,β-unsaturated/α-hetero) is 1. The number of ketones is 1. The number of aliphatic hydroxyl groups is 1. The zero-order valence-corrected chi connectivity index (χ0v) is 18.5. The van der Waals surface area contributed by atoms with Crippen molar-refractivity contribution in [2.45, 2.75) is 31.7 Å². The number of carbonyl (C=O) groups is 2. The van der Waals surface area contributed by atoms with E-state index < -0.39 is 17.7 Å². The second-order valence-electron chi connectivity index (χ2n) is 8.08. The number of anilines is 1. The highest BCUT2D eigenvalue weighted by Crippen LogP contribution is 2.44. The largest absolute Gasteiger partial charge is 0.507 e. The number of nitrogens with zero attached hydrogens (tertiary/aromatic N) is 1. The molecule has 3 aromatic rings. The molecular formula is C26H23NO4S. The van der Waals surface area contributed by atoms with Gasteiger partial charge in [-0.15, -0.1) is 11.3 Å². The molecule has 0 bridgehead atoms. The van der Waals surface area contributed by atoms with Crippen LogP contribution >= 0.6 is 11.3 Å². The van der Waals surface area contributed by atoms with Crippen molar-refractivity contribution in [2.24, 2.45) is 0 Å². The number of rotatable bonds is 4. The van der Waals surface area contributed by atoms with Crippen LogP contribution in [0.1, 0.15) is 40.5 Å². The Balaban J connectivity index is 1.67. The number of aliphatic hydroxyl groups excluding tert-OH is 1. The first kappa shape index (κ1) is 20.5. The Morgan fingerprint density at radius 3 is 2.59 bits per heavy atom. The molecule has 1 atom stereocenters. The third-order valence-electron chi connectivity index (χ3n) is 6.21. The highest BCUT2D eigenvalue weighted by atomic mass is 32.1. The van der Waals surface area contributed by atoms with Gasteiger partial charge in [0.2, 0.25) is 0 Å². The first-order valence-corrected chi connectivity index (χ1v) is 11.6. The Morgan fingerprint density at radius 2 is 1.84 bits per heavy atom. The molecular weight excluding hydrogens is 422 g/mol. The maximum absolute atomic E-state index is 13.2. The summed E-state index contributed by atoms with van der Waals surface area (Å²) in [5, 5.41) is 13.2. The summed E-state index contributed by atoms with van der Waals surface area (Å²) in [5.74, 6) is -0.873. The van der Waals surface area contributed by atoms with Crippen molar-refractivity contribution in [2.75, 3.05) is 12.0 Å². The van der Waals surface area contributed by atoms with E-state index in [1.807, 2.05) is 35.7 Å². The molecule has 1 N–H and O–H groups in total. The van der Waals surface area contributed by atoms with Gasteiger partial charge in [0.1, 0.15) is 17.6 Å². The number of hydrogen-bond donors (Lipinski definition) is 1. The number of benzene rings is 2. The van der Waals surface area contributed by atoms with E-state index >= 15 is 0 Å². The third kappa shape index (κ3) is 3.41. The van der Waals surface area contributed by atoms with Gasteiger partial charge in [0, 0.05) is 22.2 Å². The first-order chi connectivity index (χ1) is 15.6. The SMILES string of the molecule is COc1cccc(N2C(=O)C(=O)/C(=C(\O)c3ccc4c(c3)CCCC4)C2c2cccs2)c1. The molecule has 0 radical (unpaired) electrons. The van der Waals surface area contributed by atoms with Crippen molar-refractivity contribution in [3.05, 3.63) is 87.1 Å². The lowest BCUT2D eigenvalue weighted by Crippen LogP contribution is -2.29. The third-order valence-corrected chi connectivity index (χ3v) is 7.14. The molecule has 1 aromatic heterocycles. The Bertz CT molecular complexity index is 1230. The minimum atomic E-state index is -0.696. The van der Waals surface area contributed by atoms with Gasteiger partial charge >= 0.3 is 0 Å². The fourth-order valence-electron chi connectivity index (χ4n) is 4.61. The van der Waals surface area contributed by atoms with Crippen LogP contribution in [0.25, 0.3) is 5.76 Å². The summed E-state index contributed by atoms with van der Waals surface area (Å²) in [6, 6.07) is 16.0. The highest BCUT2D eigenvalue weighted by molar-refractivity contribution is 7.10. The number of carbonyl (C=O) groups excluding carboxylic acids is 2. The molecule has 1 unspecified atom stereocenters. The summed E-state index contributed by atoms with van der Waals surface area (Å²) >= 11 is 1.45. The molecule has 5 rings (SSSR count). The minimum absolute atomic E-state index is 0.121. The van der Waals surface area contributed by atoms with Gasteiger partial charge in [0.05, 0.1) is 12.7 Å². The Kier molecular flexibility index (Phi) is 5.31. The number of methoxy groups -OCH3 is 1. The molecule has 5 nitrogen and oxygen atoms in total. The quantitative estimate of drug-likeness (QED) is 0.338. The molecule has 1 aliphatic heterocycles. The summed E-state index contributed by atoms with van der Waals surface area (Å²) in [7, 11) is 1.56. The average Bonchev–Trinajstić information content (AvgIpc) is 3.45. The second-order valence-corrected chi connectivity index (χ2v) is 9.06. The van der Waals surface area contributed by atoms with Crippen LogP contribution in [-0.2, 0) is 22.4 Å². The fourth-order valence-corrected chi connectivity index (χ4v) is 5.43. The fraction of sp³-hybridized carbons (Fsp3) is 0.231. The van der Waals surface area contributed by atoms with Crippen molar-refractivity contribution >= 4 is 34.5 Å². The van der Waals surface area contributed by atoms with Crippen LogP contribution in [0.4, 0.5) is 5.69 Å².